The average Bonchev–Trinajstić information content (AvgIpc) is 2.21. The zero-order valence-electron chi connectivity index (χ0n) is 11.4. The van der Waals surface area contributed by atoms with Gasteiger partial charge in [0, 0.05) is 20.8 Å². The number of ether oxygens (including phenoxy) is 3. The van der Waals surface area contributed by atoms with Crippen molar-refractivity contribution < 1.29 is 28.6 Å². The van der Waals surface area contributed by atoms with Gasteiger partial charge >= 0.3 is 17.9 Å². The second kappa shape index (κ2) is 7.68. The first-order chi connectivity index (χ1) is 8.27. The summed E-state index contributed by atoms with van der Waals surface area (Å²) in [6.45, 7) is 7.14. The summed E-state index contributed by atoms with van der Waals surface area (Å²) in [6, 6.07) is 0. The Bertz CT molecular complexity index is 312. The van der Waals surface area contributed by atoms with Gasteiger partial charge in [-0.3, -0.25) is 14.4 Å². The van der Waals surface area contributed by atoms with Gasteiger partial charge in [0.1, 0.15) is 12.2 Å². The smallest absolute Gasteiger partial charge is 0.303 e. The number of hydrogen-bond acceptors (Lipinski definition) is 6. The van der Waals surface area contributed by atoms with E-state index < -0.39 is 36.2 Å². The maximum absolute atomic E-state index is 11.0. The van der Waals surface area contributed by atoms with E-state index in [1.165, 1.54) is 20.8 Å². The Morgan fingerprint density at radius 2 is 1.33 bits per heavy atom. The second-order valence-corrected chi connectivity index (χ2v) is 3.94. The minimum atomic E-state index is -0.805. The van der Waals surface area contributed by atoms with Crippen molar-refractivity contribution in [1.82, 2.24) is 0 Å². The van der Waals surface area contributed by atoms with Crippen LogP contribution in [0.1, 0.15) is 41.0 Å². The lowest BCUT2D eigenvalue weighted by atomic mass is 10.1. The molecule has 0 saturated carbocycles. The predicted molar refractivity (Wildman–Crippen MR) is 62.6 cm³/mol. The molecule has 0 aliphatic carbocycles. The van der Waals surface area contributed by atoms with Crippen LogP contribution < -0.4 is 0 Å². The molecule has 0 spiro atoms. The molecule has 0 aliphatic rings. The molecule has 3 atom stereocenters. The lowest BCUT2D eigenvalue weighted by molar-refractivity contribution is -0.181. The summed E-state index contributed by atoms with van der Waals surface area (Å²) in [5.74, 6) is -1.49. The van der Waals surface area contributed by atoms with E-state index in [9.17, 15) is 14.4 Å². The van der Waals surface area contributed by atoms with Crippen molar-refractivity contribution in [1.29, 1.82) is 0 Å². The van der Waals surface area contributed by atoms with Crippen LogP contribution in [0.3, 0.4) is 0 Å². The number of carbonyl (C=O) groups is 3. The molecule has 6 heteroatoms. The highest BCUT2D eigenvalue weighted by molar-refractivity contribution is 5.68. The van der Waals surface area contributed by atoms with Crippen LogP contribution in [0.5, 0.6) is 0 Å². The van der Waals surface area contributed by atoms with Gasteiger partial charge in [0.15, 0.2) is 6.10 Å². The number of hydrogen-bond donors (Lipinski definition) is 0. The van der Waals surface area contributed by atoms with E-state index in [0.717, 1.165) is 0 Å². The molecule has 0 N–H and O–H groups in total. The molecule has 0 amide bonds. The minimum absolute atomic E-state index is 0.448. The number of carbonyl (C=O) groups excluding carboxylic acids is 3. The summed E-state index contributed by atoms with van der Waals surface area (Å²) in [6.07, 6.45) is -1.68. The van der Waals surface area contributed by atoms with Crippen molar-refractivity contribution in [2.45, 2.75) is 59.4 Å². The normalized spacial score (nSPS) is 15.2. The van der Waals surface area contributed by atoms with Gasteiger partial charge in [0.05, 0.1) is 0 Å². The van der Waals surface area contributed by atoms with Gasteiger partial charge in [-0.15, -0.1) is 0 Å². The minimum Gasteiger partial charge on any atom is -0.459 e. The second-order valence-electron chi connectivity index (χ2n) is 3.94. The first kappa shape index (κ1) is 16.4. The SMILES string of the molecule is CCC(OC(C)=O)C(OC(C)=O)C(C)OC(C)=O. The van der Waals surface area contributed by atoms with Crippen LogP contribution in [-0.2, 0) is 28.6 Å². The standard InChI is InChI=1S/C12H20O6/c1-6-11(17-9(4)14)12(18-10(5)15)7(2)16-8(3)13/h7,11-12H,6H2,1-5H3. The Kier molecular flexibility index (Phi) is 7.00. The Balaban J connectivity index is 4.86. The van der Waals surface area contributed by atoms with Gasteiger partial charge in [-0.25, -0.2) is 0 Å². The van der Waals surface area contributed by atoms with Gasteiger partial charge in [0.2, 0.25) is 0 Å². The first-order valence-electron chi connectivity index (χ1n) is 5.79. The zero-order chi connectivity index (χ0) is 14.3. The van der Waals surface area contributed by atoms with Crippen LogP contribution in [0.2, 0.25) is 0 Å². The quantitative estimate of drug-likeness (QED) is 0.527. The fraction of sp³-hybridized carbons (Fsp3) is 0.750. The zero-order valence-corrected chi connectivity index (χ0v) is 11.4. The van der Waals surface area contributed by atoms with E-state index in [2.05, 4.69) is 0 Å². The molecule has 6 nitrogen and oxygen atoms in total. The monoisotopic (exact) mass is 260 g/mol. The Morgan fingerprint density at radius 1 is 0.889 bits per heavy atom. The fourth-order valence-electron chi connectivity index (χ4n) is 1.59. The van der Waals surface area contributed by atoms with Crippen LogP contribution in [0, 0.1) is 0 Å². The summed E-state index contributed by atoms with van der Waals surface area (Å²) in [4.78, 5) is 32.9. The fourth-order valence-corrected chi connectivity index (χ4v) is 1.59. The molecule has 18 heavy (non-hydrogen) atoms. The summed E-state index contributed by atoms with van der Waals surface area (Å²) >= 11 is 0. The molecule has 104 valence electrons. The highest BCUT2D eigenvalue weighted by atomic mass is 16.6. The van der Waals surface area contributed by atoms with E-state index in [1.807, 2.05) is 0 Å². The van der Waals surface area contributed by atoms with Crippen LogP contribution in [0.4, 0.5) is 0 Å². The summed E-state index contributed by atoms with van der Waals surface area (Å²) in [5.41, 5.74) is 0. The maximum atomic E-state index is 11.0. The third kappa shape index (κ3) is 6.22. The van der Waals surface area contributed by atoms with Gasteiger partial charge in [-0.1, -0.05) is 6.92 Å². The van der Waals surface area contributed by atoms with E-state index in [4.69, 9.17) is 14.2 Å². The maximum Gasteiger partial charge on any atom is 0.303 e. The lowest BCUT2D eigenvalue weighted by Gasteiger charge is -2.29. The van der Waals surface area contributed by atoms with Crippen molar-refractivity contribution >= 4 is 17.9 Å². The Hall–Kier alpha value is -1.59. The first-order valence-corrected chi connectivity index (χ1v) is 5.79. The van der Waals surface area contributed by atoms with Crippen molar-refractivity contribution in [3.8, 4) is 0 Å². The van der Waals surface area contributed by atoms with E-state index in [-0.39, 0.29) is 0 Å². The molecule has 0 aromatic heterocycles. The Labute approximate surface area is 107 Å². The van der Waals surface area contributed by atoms with Crippen LogP contribution >= 0.6 is 0 Å². The molecule has 3 unspecified atom stereocenters. The highest BCUT2D eigenvalue weighted by Gasteiger charge is 2.32. The van der Waals surface area contributed by atoms with Crippen molar-refractivity contribution in [3.63, 3.8) is 0 Å². The van der Waals surface area contributed by atoms with Crippen LogP contribution in [0.15, 0.2) is 0 Å². The molecule has 0 aliphatic heterocycles. The number of rotatable bonds is 6. The lowest BCUT2D eigenvalue weighted by Crippen LogP contribution is -2.43. The average molecular weight is 260 g/mol. The third-order valence-corrected chi connectivity index (χ3v) is 2.20. The molecule has 0 aromatic carbocycles. The van der Waals surface area contributed by atoms with Gasteiger partial charge in [-0.2, -0.15) is 0 Å². The van der Waals surface area contributed by atoms with E-state index in [1.54, 1.807) is 13.8 Å². The largest absolute Gasteiger partial charge is 0.459 e. The molecule has 0 heterocycles. The topological polar surface area (TPSA) is 78.9 Å². The van der Waals surface area contributed by atoms with Gasteiger partial charge in [-0.05, 0) is 13.3 Å². The molecule has 0 rings (SSSR count). The van der Waals surface area contributed by atoms with Gasteiger partial charge in [0.25, 0.3) is 0 Å². The van der Waals surface area contributed by atoms with Crippen LogP contribution in [0.25, 0.3) is 0 Å². The molecule has 0 fully saturated rings. The molecule has 0 radical (unpaired) electrons. The number of esters is 3. The summed E-state index contributed by atoms with van der Waals surface area (Å²) < 4.78 is 15.1. The summed E-state index contributed by atoms with van der Waals surface area (Å²) in [5, 5.41) is 0. The van der Waals surface area contributed by atoms with Crippen molar-refractivity contribution in [2.24, 2.45) is 0 Å². The molecular weight excluding hydrogens is 240 g/mol. The highest BCUT2D eigenvalue weighted by Crippen LogP contribution is 2.16. The van der Waals surface area contributed by atoms with Gasteiger partial charge < -0.3 is 14.2 Å². The molecule has 0 saturated heterocycles. The summed E-state index contributed by atoms with van der Waals surface area (Å²) in [7, 11) is 0. The molecular formula is C12H20O6. The van der Waals surface area contributed by atoms with E-state index in [0.29, 0.717) is 6.42 Å². The molecule has 0 aromatic rings. The van der Waals surface area contributed by atoms with Crippen molar-refractivity contribution in [2.75, 3.05) is 0 Å². The van der Waals surface area contributed by atoms with E-state index >= 15 is 0 Å². The predicted octanol–water partition coefficient (Wildman–Crippen LogP) is 1.21. The van der Waals surface area contributed by atoms with Crippen molar-refractivity contribution in [3.05, 3.63) is 0 Å². The third-order valence-electron chi connectivity index (χ3n) is 2.20. The Morgan fingerprint density at radius 3 is 1.67 bits per heavy atom. The van der Waals surface area contributed by atoms with Crippen LogP contribution in [-0.4, -0.2) is 36.2 Å². The molecule has 0 bridgehead atoms.